The van der Waals surface area contributed by atoms with Crippen molar-refractivity contribution >= 4 is 5.82 Å². The Labute approximate surface area is 105 Å². The second-order valence-corrected chi connectivity index (χ2v) is 4.85. The molecule has 0 atom stereocenters. The van der Waals surface area contributed by atoms with Gasteiger partial charge in [-0.1, -0.05) is 0 Å². The van der Waals surface area contributed by atoms with E-state index in [1.165, 1.54) is 25.1 Å². The molecule has 18 heavy (non-hydrogen) atoms. The van der Waals surface area contributed by atoms with Crippen LogP contribution in [0, 0.1) is 18.7 Å². The number of hydrogen-bond donors (Lipinski definition) is 1. The Hall–Kier alpha value is -1.91. The van der Waals surface area contributed by atoms with Crippen molar-refractivity contribution in [3.05, 3.63) is 29.7 Å². The number of anilines is 1. The largest absolute Gasteiger partial charge is 0.384 e. The molecule has 94 valence electrons. The summed E-state index contributed by atoms with van der Waals surface area (Å²) in [6.45, 7) is 2.79. The van der Waals surface area contributed by atoms with E-state index in [4.69, 9.17) is 5.73 Å². The van der Waals surface area contributed by atoms with Crippen LogP contribution in [0.5, 0.6) is 0 Å². The van der Waals surface area contributed by atoms with E-state index >= 15 is 0 Å². The second-order valence-electron chi connectivity index (χ2n) is 4.85. The Morgan fingerprint density at radius 1 is 1.44 bits per heavy atom. The molecule has 4 nitrogen and oxygen atoms in total. The van der Waals surface area contributed by atoms with Gasteiger partial charge in [0.15, 0.2) is 0 Å². The van der Waals surface area contributed by atoms with E-state index in [-0.39, 0.29) is 5.82 Å². The van der Waals surface area contributed by atoms with Crippen LogP contribution in [0.3, 0.4) is 0 Å². The van der Waals surface area contributed by atoms with Gasteiger partial charge in [-0.25, -0.2) is 9.07 Å². The van der Waals surface area contributed by atoms with Crippen LogP contribution in [0.4, 0.5) is 10.2 Å². The molecular weight excluding hydrogens is 231 g/mol. The van der Waals surface area contributed by atoms with Gasteiger partial charge in [0.05, 0.1) is 11.9 Å². The number of hydrogen-bond acceptors (Lipinski definition) is 3. The first-order valence-corrected chi connectivity index (χ1v) is 6.10. The summed E-state index contributed by atoms with van der Waals surface area (Å²) in [4.78, 5) is 4.05. The Bertz CT molecular complexity index is 569. The van der Waals surface area contributed by atoms with Crippen LogP contribution in [0.2, 0.25) is 0 Å². The third-order valence-electron chi connectivity index (χ3n) is 3.34. The highest BCUT2D eigenvalue weighted by atomic mass is 19.1. The van der Waals surface area contributed by atoms with Crippen molar-refractivity contribution in [2.45, 2.75) is 26.3 Å². The van der Waals surface area contributed by atoms with Gasteiger partial charge in [0, 0.05) is 12.1 Å². The monoisotopic (exact) mass is 246 g/mol. The van der Waals surface area contributed by atoms with Gasteiger partial charge in [0.1, 0.15) is 17.3 Å². The van der Waals surface area contributed by atoms with E-state index in [0.717, 1.165) is 17.8 Å². The first kappa shape index (κ1) is 11.2. The van der Waals surface area contributed by atoms with Gasteiger partial charge in [-0.3, -0.25) is 4.98 Å². The molecule has 0 aliphatic heterocycles. The fourth-order valence-electron chi connectivity index (χ4n) is 2.01. The second kappa shape index (κ2) is 4.08. The summed E-state index contributed by atoms with van der Waals surface area (Å²) in [6, 6.07) is 3.02. The van der Waals surface area contributed by atoms with Crippen molar-refractivity contribution in [1.29, 1.82) is 0 Å². The van der Waals surface area contributed by atoms with E-state index in [1.54, 1.807) is 6.07 Å². The summed E-state index contributed by atoms with van der Waals surface area (Å²) in [5.41, 5.74) is 8.36. The maximum atomic E-state index is 12.9. The maximum absolute atomic E-state index is 12.9. The molecule has 1 aliphatic carbocycles. The lowest BCUT2D eigenvalue weighted by molar-refractivity contribution is 0.571. The van der Waals surface area contributed by atoms with Crippen LogP contribution in [-0.4, -0.2) is 14.8 Å². The number of rotatable bonds is 3. The van der Waals surface area contributed by atoms with Gasteiger partial charge >= 0.3 is 0 Å². The molecule has 0 unspecified atom stereocenters. The summed E-state index contributed by atoms with van der Waals surface area (Å²) in [7, 11) is 0. The van der Waals surface area contributed by atoms with Gasteiger partial charge in [-0.2, -0.15) is 5.10 Å². The molecule has 2 heterocycles. The van der Waals surface area contributed by atoms with Crippen LogP contribution in [0.1, 0.15) is 18.4 Å². The third-order valence-corrected chi connectivity index (χ3v) is 3.34. The number of aromatic nitrogens is 3. The smallest absolute Gasteiger partial charge is 0.141 e. The molecule has 2 N–H and O–H groups in total. The molecule has 1 aliphatic rings. The van der Waals surface area contributed by atoms with Gasteiger partial charge < -0.3 is 5.73 Å². The van der Waals surface area contributed by atoms with E-state index in [9.17, 15) is 4.39 Å². The van der Waals surface area contributed by atoms with E-state index in [1.807, 2.05) is 11.6 Å². The number of nitrogens with zero attached hydrogens (tertiary/aromatic N) is 3. The van der Waals surface area contributed by atoms with Gasteiger partial charge in [0.2, 0.25) is 0 Å². The molecule has 0 amide bonds. The van der Waals surface area contributed by atoms with Crippen LogP contribution in [0.25, 0.3) is 11.4 Å². The summed E-state index contributed by atoms with van der Waals surface area (Å²) in [5.74, 6) is 1.05. The minimum absolute atomic E-state index is 0.346. The topological polar surface area (TPSA) is 56.7 Å². The average Bonchev–Trinajstić information content (AvgIpc) is 3.13. The average molecular weight is 246 g/mol. The fourth-order valence-corrected chi connectivity index (χ4v) is 2.01. The summed E-state index contributed by atoms with van der Waals surface area (Å²) >= 11 is 0. The quantitative estimate of drug-likeness (QED) is 0.904. The van der Waals surface area contributed by atoms with Gasteiger partial charge in [-0.05, 0) is 37.8 Å². The summed E-state index contributed by atoms with van der Waals surface area (Å²) < 4.78 is 14.7. The summed E-state index contributed by atoms with van der Waals surface area (Å²) in [6.07, 6.45) is 3.70. The molecule has 1 saturated carbocycles. The number of nitrogen functional groups attached to an aromatic ring is 1. The first-order valence-electron chi connectivity index (χ1n) is 6.10. The van der Waals surface area contributed by atoms with E-state index in [2.05, 4.69) is 10.1 Å². The lowest BCUT2D eigenvalue weighted by Gasteiger charge is -2.01. The molecule has 0 spiro atoms. The van der Waals surface area contributed by atoms with Crippen molar-refractivity contribution in [2.24, 2.45) is 5.92 Å². The highest BCUT2D eigenvalue weighted by Gasteiger charge is 2.24. The molecule has 3 rings (SSSR count). The maximum Gasteiger partial charge on any atom is 0.141 e. The fraction of sp³-hybridized carbons (Fsp3) is 0.385. The lowest BCUT2D eigenvalue weighted by Crippen LogP contribution is -2.06. The molecule has 0 saturated heterocycles. The molecule has 2 aromatic heterocycles. The van der Waals surface area contributed by atoms with Crippen LogP contribution in [0.15, 0.2) is 18.3 Å². The van der Waals surface area contributed by atoms with Crippen molar-refractivity contribution in [3.63, 3.8) is 0 Å². The van der Waals surface area contributed by atoms with Crippen molar-refractivity contribution in [3.8, 4) is 11.4 Å². The number of halogens is 1. The predicted molar refractivity (Wildman–Crippen MR) is 67.3 cm³/mol. The molecule has 2 aromatic rings. The van der Waals surface area contributed by atoms with Crippen molar-refractivity contribution < 1.29 is 4.39 Å². The standard InChI is InChI=1S/C13H15FN4/c1-8-12(11-5-4-10(14)6-16-11)17-18(13(8)15)7-9-2-3-9/h4-6,9H,2-3,7,15H2,1H3. The first-order chi connectivity index (χ1) is 8.65. The third kappa shape index (κ3) is 1.96. The van der Waals surface area contributed by atoms with Gasteiger partial charge in [0.25, 0.3) is 0 Å². The summed E-state index contributed by atoms with van der Waals surface area (Å²) in [5, 5.41) is 4.50. The number of pyridine rings is 1. The Morgan fingerprint density at radius 2 is 2.22 bits per heavy atom. The highest BCUT2D eigenvalue weighted by molar-refractivity contribution is 5.64. The zero-order valence-electron chi connectivity index (χ0n) is 10.2. The molecule has 0 bridgehead atoms. The molecular formula is C13H15FN4. The molecule has 5 heteroatoms. The van der Waals surface area contributed by atoms with Crippen LogP contribution < -0.4 is 5.73 Å². The predicted octanol–water partition coefficient (Wildman–Crippen LogP) is 2.38. The Balaban J connectivity index is 1.98. The molecule has 0 aromatic carbocycles. The van der Waals surface area contributed by atoms with Crippen LogP contribution >= 0.6 is 0 Å². The SMILES string of the molecule is Cc1c(-c2ccc(F)cn2)nn(CC2CC2)c1N. The molecule has 1 fully saturated rings. The zero-order valence-corrected chi connectivity index (χ0v) is 10.2. The minimum Gasteiger partial charge on any atom is -0.384 e. The van der Waals surface area contributed by atoms with E-state index in [0.29, 0.717) is 17.4 Å². The van der Waals surface area contributed by atoms with Crippen LogP contribution in [-0.2, 0) is 6.54 Å². The highest BCUT2D eigenvalue weighted by Crippen LogP contribution is 2.33. The van der Waals surface area contributed by atoms with Gasteiger partial charge in [-0.15, -0.1) is 0 Å². The zero-order chi connectivity index (χ0) is 12.7. The number of nitrogens with two attached hydrogens (primary N) is 1. The molecule has 0 radical (unpaired) electrons. The van der Waals surface area contributed by atoms with Crippen molar-refractivity contribution in [2.75, 3.05) is 5.73 Å². The Morgan fingerprint density at radius 3 is 2.83 bits per heavy atom. The van der Waals surface area contributed by atoms with E-state index < -0.39 is 0 Å². The minimum atomic E-state index is -0.346. The lowest BCUT2D eigenvalue weighted by atomic mass is 10.2. The Kier molecular flexibility index (Phi) is 2.54. The normalized spacial score (nSPS) is 15.0. The van der Waals surface area contributed by atoms with Crippen molar-refractivity contribution in [1.82, 2.24) is 14.8 Å².